The number of oxazole rings is 1. The molecule has 0 radical (unpaired) electrons. The molecule has 3 heteroatoms. The molecular formula is C14H19NO2. The number of furan rings is 1. The third-order valence-corrected chi connectivity index (χ3v) is 2.95. The summed E-state index contributed by atoms with van der Waals surface area (Å²) in [5, 5.41) is 0. The first kappa shape index (κ1) is 12.0. The maximum absolute atomic E-state index is 5.82. The summed E-state index contributed by atoms with van der Waals surface area (Å²) in [6.07, 6.45) is 9.71. The lowest BCUT2D eigenvalue weighted by Gasteiger charge is -2.10. The van der Waals surface area contributed by atoms with Gasteiger partial charge in [0.05, 0.1) is 18.0 Å². The molecule has 0 amide bonds. The minimum Gasteiger partial charge on any atom is -0.472 e. The van der Waals surface area contributed by atoms with Crippen molar-refractivity contribution in [1.82, 2.24) is 4.98 Å². The smallest absolute Gasteiger partial charge is 0.198 e. The zero-order valence-electron chi connectivity index (χ0n) is 10.5. The van der Waals surface area contributed by atoms with Crippen LogP contribution in [-0.4, -0.2) is 4.98 Å². The number of rotatable bonds is 6. The minimum atomic E-state index is 0.450. The van der Waals surface area contributed by atoms with Crippen molar-refractivity contribution in [3.63, 3.8) is 0 Å². The van der Waals surface area contributed by atoms with Gasteiger partial charge in [0.2, 0.25) is 0 Å². The van der Waals surface area contributed by atoms with Gasteiger partial charge >= 0.3 is 0 Å². The van der Waals surface area contributed by atoms with Crippen LogP contribution >= 0.6 is 0 Å². The zero-order valence-corrected chi connectivity index (χ0v) is 10.5. The lowest BCUT2D eigenvalue weighted by Crippen LogP contribution is -1.98. The van der Waals surface area contributed by atoms with E-state index in [0.717, 1.165) is 42.9 Å². The van der Waals surface area contributed by atoms with Crippen molar-refractivity contribution in [2.45, 2.75) is 45.4 Å². The molecule has 0 bridgehead atoms. The van der Waals surface area contributed by atoms with Gasteiger partial charge in [-0.1, -0.05) is 26.7 Å². The summed E-state index contributed by atoms with van der Waals surface area (Å²) in [6.45, 7) is 4.39. The third kappa shape index (κ3) is 2.78. The summed E-state index contributed by atoms with van der Waals surface area (Å²) in [6, 6.07) is 1.89. The molecule has 2 aromatic rings. The number of aromatic nitrogens is 1. The van der Waals surface area contributed by atoms with Crippen molar-refractivity contribution < 1.29 is 8.83 Å². The summed E-state index contributed by atoms with van der Waals surface area (Å²) >= 11 is 0. The van der Waals surface area contributed by atoms with Crippen LogP contribution in [0, 0.1) is 0 Å². The topological polar surface area (TPSA) is 39.2 Å². The molecule has 0 N–H and O–H groups in total. The van der Waals surface area contributed by atoms with Crippen molar-refractivity contribution in [2.75, 3.05) is 0 Å². The molecule has 0 aromatic carbocycles. The largest absolute Gasteiger partial charge is 0.472 e. The molecule has 3 nitrogen and oxygen atoms in total. The van der Waals surface area contributed by atoms with Crippen LogP contribution in [0.25, 0.3) is 11.3 Å². The van der Waals surface area contributed by atoms with Crippen LogP contribution in [0.3, 0.4) is 0 Å². The van der Waals surface area contributed by atoms with Crippen LogP contribution in [0.5, 0.6) is 0 Å². The van der Waals surface area contributed by atoms with E-state index in [9.17, 15) is 0 Å². The van der Waals surface area contributed by atoms with E-state index in [1.807, 2.05) is 6.07 Å². The van der Waals surface area contributed by atoms with Gasteiger partial charge in [0.1, 0.15) is 6.26 Å². The van der Waals surface area contributed by atoms with E-state index in [1.54, 1.807) is 18.7 Å². The standard InChI is InChI=1S/C14H19NO2/c1-3-5-11(6-4-2)14-15-9-13(17-14)12-7-8-16-10-12/h7-11H,3-6H2,1-2H3. The molecule has 92 valence electrons. The van der Waals surface area contributed by atoms with E-state index in [0.29, 0.717) is 5.92 Å². The van der Waals surface area contributed by atoms with Crippen molar-refractivity contribution in [1.29, 1.82) is 0 Å². The summed E-state index contributed by atoms with van der Waals surface area (Å²) in [7, 11) is 0. The molecule has 0 aliphatic rings. The lowest BCUT2D eigenvalue weighted by atomic mass is 9.98. The summed E-state index contributed by atoms with van der Waals surface area (Å²) in [4.78, 5) is 4.40. The molecule has 0 saturated heterocycles. The average molecular weight is 233 g/mol. The van der Waals surface area contributed by atoms with Crippen LogP contribution in [0.15, 0.2) is 33.6 Å². The molecule has 2 rings (SSSR count). The van der Waals surface area contributed by atoms with E-state index in [1.165, 1.54) is 0 Å². The summed E-state index contributed by atoms with van der Waals surface area (Å²) < 4.78 is 10.9. The molecule has 0 spiro atoms. The van der Waals surface area contributed by atoms with E-state index in [-0.39, 0.29) is 0 Å². The first-order chi connectivity index (χ1) is 8.35. The second kappa shape index (κ2) is 5.71. The maximum Gasteiger partial charge on any atom is 0.198 e. The van der Waals surface area contributed by atoms with Crippen molar-refractivity contribution >= 4 is 0 Å². The van der Waals surface area contributed by atoms with Gasteiger partial charge in [-0.05, 0) is 18.9 Å². The first-order valence-corrected chi connectivity index (χ1v) is 6.33. The number of nitrogens with zero attached hydrogens (tertiary/aromatic N) is 1. The van der Waals surface area contributed by atoms with E-state index < -0.39 is 0 Å². The molecule has 0 aliphatic carbocycles. The van der Waals surface area contributed by atoms with Gasteiger partial charge in [-0.2, -0.15) is 0 Å². The van der Waals surface area contributed by atoms with Gasteiger partial charge in [-0.25, -0.2) is 4.98 Å². The Bertz CT molecular complexity index is 425. The fourth-order valence-corrected chi connectivity index (χ4v) is 2.10. The molecule has 0 fully saturated rings. The Morgan fingerprint density at radius 2 is 2.00 bits per heavy atom. The molecule has 2 aromatic heterocycles. The van der Waals surface area contributed by atoms with Gasteiger partial charge in [0.15, 0.2) is 11.7 Å². The van der Waals surface area contributed by atoms with Crippen LogP contribution < -0.4 is 0 Å². The van der Waals surface area contributed by atoms with Crippen LogP contribution in [-0.2, 0) is 0 Å². The van der Waals surface area contributed by atoms with Crippen LogP contribution in [0.2, 0.25) is 0 Å². The maximum atomic E-state index is 5.82. The van der Waals surface area contributed by atoms with Gasteiger partial charge in [0.25, 0.3) is 0 Å². The predicted octanol–water partition coefficient (Wildman–Crippen LogP) is 4.62. The lowest BCUT2D eigenvalue weighted by molar-refractivity contribution is 0.416. The molecular weight excluding hydrogens is 214 g/mol. The fourth-order valence-electron chi connectivity index (χ4n) is 2.10. The Morgan fingerprint density at radius 1 is 1.24 bits per heavy atom. The van der Waals surface area contributed by atoms with Gasteiger partial charge in [-0.3, -0.25) is 0 Å². The SMILES string of the molecule is CCCC(CCC)c1ncc(-c2ccoc2)o1. The van der Waals surface area contributed by atoms with Crippen molar-refractivity contribution in [2.24, 2.45) is 0 Å². The van der Waals surface area contributed by atoms with E-state index in [2.05, 4.69) is 18.8 Å². The number of hydrogen-bond donors (Lipinski definition) is 0. The highest BCUT2D eigenvalue weighted by Crippen LogP contribution is 2.29. The van der Waals surface area contributed by atoms with E-state index in [4.69, 9.17) is 8.83 Å². The molecule has 0 atom stereocenters. The van der Waals surface area contributed by atoms with Gasteiger partial charge in [0, 0.05) is 5.92 Å². The summed E-state index contributed by atoms with van der Waals surface area (Å²) in [5.74, 6) is 2.11. The Balaban J connectivity index is 2.15. The normalized spacial score (nSPS) is 11.2. The van der Waals surface area contributed by atoms with Gasteiger partial charge < -0.3 is 8.83 Å². The Morgan fingerprint density at radius 3 is 2.59 bits per heavy atom. The van der Waals surface area contributed by atoms with Crippen molar-refractivity contribution in [3.8, 4) is 11.3 Å². The Labute approximate surface area is 102 Å². The minimum absolute atomic E-state index is 0.450. The molecule has 2 heterocycles. The highest BCUT2D eigenvalue weighted by molar-refractivity contribution is 5.53. The van der Waals surface area contributed by atoms with Gasteiger partial charge in [-0.15, -0.1) is 0 Å². The molecule has 0 aliphatic heterocycles. The monoisotopic (exact) mass is 233 g/mol. The number of hydrogen-bond acceptors (Lipinski definition) is 3. The van der Waals surface area contributed by atoms with Crippen LogP contribution in [0.1, 0.15) is 51.3 Å². The second-order valence-corrected chi connectivity index (χ2v) is 4.35. The third-order valence-electron chi connectivity index (χ3n) is 2.95. The Hall–Kier alpha value is -1.51. The Kier molecular flexibility index (Phi) is 4.02. The second-order valence-electron chi connectivity index (χ2n) is 4.35. The predicted molar refractivity (Wildman–Crippen MR) is 66.8 cm³/mol. The first-order valence-electron chi connectivity index (χ1n) is 6.33. The molecule has 0 saturated carbocycles. The fraction of sp³-hybridized carbons (Fsp3) is 0.500. The highest BCUT2D eigenvalue weighted by atomic mass is 16.4. The quantitative estimate of drug-likeness (QED) is 0.730. The van der Waals surface area contributed by atoms with E-state index >= 15 is 0 Å². The van der Waals surface area contributed by atoms with Crippen molar-refractivity contribution in [3.05, 3.63) is 30.7 Å². The molecule has 17 heavy (non-hydrogen) atoms. The van der Waals surface area contributed by atoms with Crippen LogP contribution in [0.4, 0.5) is 0 Å². The highest BCUT2D eigenvalue weighted by Gasteiger charge is 2.16. The summed E-state index contributed by atoms with van der Waals surface area (Å²) in [5.41, 5.74) is 0.954. The zero-order chi connectivity index (χ0) is 12.1. The molecule has 0 unspecified atom stereocenters. The average Bonchev–Trinajstić information content (AvgIpc) is 2.99.